The molecule has 54 valence electrons. The minimum Gasteiger partial charge on any atom is -0.323 e. The van der Waals surface area contributed by atoms with Crippen LogP contribution in [0.5, 0.6) is 0 Å². The molecule has 0 saturated carbocycles. The number of nitrogens with zero attached hydrogens (tertiary/aromatic N) is 1. The molecule has 0 amide bonds. The first kappa shape index (κ1) is 8.26. The van der Waals surface area contributed by atoms with Gasteiger partial charge in [0.05, 0.1) is 0 Å². The normalized spacial score (nSPS) is 22.9. The van der Waals surface area contributed by atoms with Crippen LogP contribution in [0.1, 0.15) is 12.8 Å². The van der Waals surface area contributed by atoms with Crippen molar-refractivity contribution in [2.75, 3.05) is 20.1 Å². The van der Waals surface area contributed by atoms with Gasteiger partial charge in [0.15, 0.2) is 0 Å². The maximum absolute atomic E-state index is 10.8. The second-order valence-corrected chi connectivity index (χ2v) is 3.55. The minimum atomic E-state index is 0.285. The van der Waals surface area contributed by atoms with Crippen molar-refractivity contribution in [1.29, 1.82) is 0 Å². The summed E-state index contributed by atoms with van der Waals surface area (Å²) in [5, 5.41) is 0. The van der Waals surface area contributed by atoms with Crippen LogP contribution in [-0.2, 0) is 4.79 Å². The highest BCUT2D eigenvalue weighted by atomic mass is 27.0. The molecule has 0 N–H and O–H groups in total. The average molecular weight is 153 g/mol. The van der Waals surface area contributed by atoms with Gasteiger partial charge in [0.2, 0.25) is 16.3 Å². The van der Waals surface area contributed by atoms with E-state index in [1.807, 2.05) is 0 Å². The number of likely N-dealkylation sites (tertiary alicyclic amines) is 1. The van der Waals surface area contributed by atoms with Gasteiger partial charge < -0.3 is 9.69 Å². The first-order valence-electron chi connectivity index (χ1n) is 3.68. The monoisotopic (exact) mass is 153 g/mol. The lowest BCUT2D eigenvalue weighted by Crippen LogP contribution is -2.33. The van der Waals surface area contributed by atoms with Crippen molar-refractivity contribution in [1.82, 2.24) is 4.90 Å². The summed E-state index contributed by atoms with van der Waals surface area (Å²) < 4.78 is 0.285. The Morgan fingerprint density at radius 2 is 2.00 bits per heavy atom. The zero-order chi connectivity index (χ0) is 7.56. The van der Waals surface area contributed by atoms with Crippen molar-refractivity contribution < 1.29 is 4.79 Å². The molecule has 1 aliphatic rings. The van der Waals surface area contributed by atoms with Gasteiger partial charge in [0.25, 0.3) is 0 Å². The van der Waals surface area contributed by atoms with Crippen LogP contribution in [0.25, 0.3) is 0 Å². The maximum atomic E-state index is 10.8. The Kier molecular flexibility index (Phi) is 2.91. The van der Waals surface area contributed by atoms with Gasteiger partial charge in [-0.05, 0) is 38.9 Å². The largest absolute Gasteiger partial charge is 0.323 e. The zero-order valence-electron chi connectivity index (χ0n) is 6.34. The van der Waals surface area contributed by atoms with E-state index in [2.05, 4.69) is 28.2 Å². The molecular weight excluding hydrogens is 141 g/mol. The molecule has 1 heterocycles. The van der Waals surface area contributed by atoms with Gasteiger partial charge in [0.1, 0.15) is 0 Å². The molecule has 2 nitrogen and oxygen atoms in total. The number of piperidine rings is 1. The molecule has 2 radical (unpaired) electrons. The molecule has 1 fully saturated rings. The van der Waals surface area contributed by atoms with Crippen LogP contribution in [0.3, 0.4) is 0 Å². The van der Waals surface area contributed by atoms with E-state index in [0.29, 0.717) is 5.92 Å². The number of rotatable bonds is 1. The number of hydrogen-bond donors (Lipinski definition) is 0. The molecule has 0 aliphatic carbocycles. The van der Waals surface area contributed by atoms with Crippen molar-refractivity contribution in [3.63, 3.8) is 0 Å². The fourth-order valence-corrected chi connectivity index (χ4v) is 1.63. The first-order valence-corrected chi connectivity index (χ1v) is 4.25. The maximum Gasteiger partial charge on any atom is 0.242 e. The second kappa shape index (κ2) is 3.52. The Bertz CT molecular complexity index is 130. The van der Waals surface area contributed by atoms with Crippen molar-refractivity contribution in [2.24, 2.45) is 5.92 Å². The smallest absolute Gasteiger partial charge is 0.242 e. The van der Waals surface area contributed by atoms with E-state index in [0.717, 1.165) is 25.9 Å². The third kappa shape index (κ3) is 2.09. The Labute approximate surface area is 70.0 Å². The van der Waals surface area contributed by atoms with E-state index in [1.165, 1.54) is 0 Å². The third-order valence-electron chi connectivity index (χ3n) is 2.12. The van der Waals surface area contributed by atoms with E-state index < -0.39 is 0 Å². The summed E-state index contributed by atoms with van der Waals surface area (Å²) in [5.41, 5.74) is 0. The fraction of sp³-hybridized carbons (Fsp3) is 0.857. The molecule has 10 heavy (non-hydrogen) atoms. The number of hydrogen-bond acceptors (Lipinski definition) is 2. The highest BCUT2D eigenvalue weighted by Gasteiger charge is 2.18. The summed E-state index contributed by atoms with van der Waals surface area (Å²) in [6.07, 6.45) is 2.08. The molecule has 0 bridgehead atoms. The summed E-state index contributed by atoms with van der Waals surface area (Å²) >= 11 is 2.28. The molecule has 0 unspecified atom stereocenters. The quantitative estimate of drug-likeness (QED) is 0.495. The van der Waals surface area contributed by atoms with Gasteiger partial charge in [-0.25, -0.2) is 0 Å². The van der Waals surface area contributed by atoms with Crippen LogP contribution in [-0.4, -0.2) is 46.0 Å². The van der Waals surface area contributed by atoms with E-state index in [9.17, 15) is 4.79 Å². The standard InChI is InChI=1S/C7H12NO.Al/c1-8-4-2-7(6-9)3-5-8;/h7H,2-5H2,1H3;. The van der Waals surface area contributed by atoms with Gasteiger partial charge in [0, 0.05) is 4.65 Å². The fourth-order valence-electron chi connectivity index (χ4n) is 1.29. The number of carbonyl (C=O) groups excluding carboxylic acids is 1. The summed E-state index contributed by atoms with van der Waals surface area (Å²) in [7, 11) is 2.10. The Balaban J connectivity index is 2.33. The lowest BCUT2D eigenvalue weighted by Gasteiger charge is -2.27. The Morgan fingerprint density at radius 1 is 1.50 bits per heavy atom. The minimum absolute atomic E-state index is 0.285. The summed E-state index contributed by atoms with van der Waals surface area (Å²) in [6, 6.07) is 0. The molecule has 1 aliphatic heterocycles. The average Bonchev–Trinajstić information content (AvgIpc) is 1.88. The molecule has 0 aromatic heterocycles. The van der Waals surface area contributed by atoms with Gasteiger partial charge in [-0.3, -0.25) is 0 Å². The van der Waals surface area contributed by atoms with Crippen LogP contribution in [0.15, 0.2) is 0 Å². The van der Waals surface area contributed by atoms with Crippen molar-refractivity contribution in [3.8, 4) is 0 Å². The summed E-state index contributed by atoms with van der Waals surface area (Å²) in [5.74, 6) is 0.321. The SMILES string of the molecule is CN1CCC([C](=O)[Al])CC1. The highest BCUT2D eigenvalue weighted by molar-refractivity contribution is 6.58. The first-order chi connectivity index (χ1) is 4.70. The predicted molar refractivity (Wildman–Crippen MR) is 41.0 cm³/mol. The summed E-state index contributed by atoms with van der Waals surface area (Å²) in [6.45, 7) is 2.15. The molecule has 0 atom stereocenters. The van der Waals surface area contributed by atoms with E-state index in [-0.39, 0.29) is 4.65 Å². The van der Waals surface area contributed by atoms with E-state index in [4.69, 9.17) is 0 Å². The van der Waals surface area contributed by atoms with E-state index >= 15 is 0 Å². The van der Waals surface area contributed by atoms with Crippen LogP contribution >= 0.6 is 0 Å². The Morgan fingerprint density at radius 3 is 2.40 bits per heavy atom. The van der Waals surface area contributed by atoms with Crippen molar-refractivity contribution in [3.05, 3.63) is 0 Å². The van der Waals surface area contributed by atoms with Crippen molar-refractivity contribution in [2.45, 2.75) is 12.8 Å². The van der Waals surface area contributed by atoms with Gasteiger partial charge in [-0.15, -0.1) is 0 Å². The molecule has 0 aromatic carbocycles. The lowest BCUT2D eigenvalue weighted by molar-refractivity contribution is -0.116. The van der Waals surface area contributed by atoms with Crippen LogP contribution in [0.4, 0.5) is 0 Å². The van der Waals surface area contributed by atoms with Crippen LogP contribution in [0.2, 0.25) is 0 Å². The van der Waals surface area contributed by atoms with Crippen molar-refractivity contribution >= 4 is 20.9 Å². The molecule has 0 spiro atoms. The van der Waals surface area contributed by atoms with Crippen LogP contribution in [0, 0.1) is 5.92 Å². The lowest BCUT2D eigenvalue weighted by atomic mass is 9.99. The molecule has 3 heteroatoms. The highest BCUT2D eigenvalue weighted by Crippen LogP contribution is 2.15. The molecular formula is C7H12AlNO. The van der Waals surface area contributed by atoms with Gasteiger partial charge in [-0.1, -0.05) is 0 Å². The van der Waals surface area contributed by atoms with Crippen LogP contribution < -0.4 is 0 Å². The number of carbonyl (C=O) groups is 1. The summed E-state index contributed by atoms with van der Waals surface area (Å²) in [4.78, 5) is 13.1. The van der Waals surface area contributed by atoms with Gasteiger partial charge in [-0.2, -0.15) is 0 Å². The Hall–Kier alpha value is 0.162. The van der Waals surface area contributed by atoms with E-state index in [1.54, 1.807) is 0 Å². The molecule has 1 saturated heterocycles. The third-order valence-corrected chi connectivity index (χ3v) is 2.59. The predicted octanol–water partition coefficient (Wildman–Crippen LogP) is 0.0233. The zero-order valence-corrected chi connectivity index (χ0v) is 7.49. The molecule has 0 aromatic rings. The van der Waals surface area contributed by atoms with Gasteiger partial charge >= 0.3 is 0 Å². The molecule has 1 rings (SSSR count). The topological polar surface area (TPSA) is 20.3 Å². The second-order valence-electron chi connectivity index (χ2n) is 2.98.